The van der Waals surface area contributed by atoms with Crippen molar-refractivity contribution < 1.29 is 20.1 Å². The van der Waals surface area contributed by atoms with Crippen LogP contribution in [-0.2, 0) is 4.74 Å². The van der Waals surface area contributed by atoms with Crippen molar-refractivity contribution in [2.24, 2.45) is 0 Å². The predicted molar refractivity (Wildman–Crippen MR) is 54.3 cm³/mol. The molecule has 0 unspecified atom stereocenters. The quantitative estimate of drug-likeness (QED) is 0.421. The molecule has 8 nitrogen and oxygen atoms in total. The topological polar surface area (TPSA) is 125 Å². The van der Waals surface area contributed by atoms with Crippen LogP contribution < -0.4 is 11.2 Å². The number of hydrogen-bond acceptors (Lipinski definition) is 6. The van der Waals surface area contributed by atoms with Gasteiger partial charge >= 0.3 is 5.69 Å². The number of rotatable bonds is 1. The molecule has 2 heterocycles. The van der Waals surface area contributed by atoms with Crippen LogP contribution in [0.25, 0.3) is 0 Å². The molecule has 1 saturated heterocycles. The summed E-state index contributed by atoms with van der Waals surface area (Å²) in [5.41, 5.74) is -1.33. The third-order valence-electron chi connectivity index (χ3n) is 2.60. The zero-order valence-electron chi connectivity index (χ0n) is 8.68. The van der Waals surface area contributed by atoms with Crippen molar-refractivity contribution in [3.05, 3.63) is 33.1 Å². The van der Waals surface area contributed by atoms with Crippen molar-refractivity contribution in [2.75, 3.05) is 6.61 Å². The zero-order chi connectivity index (χ0) is 12.6. The number of aliphatic hydroxyl groups excluding tert-OH is 3. The first-order valence-corrected chi connectivity index (χ1v) is 4.98. The molecule has 2 rings (SSSR count). The molecule has 0 aliphatic carbocycles. The largest absolute Gasteiger partial charge is 0.388 e. The first-order chi connectivity index (χ1) is 8.00. The zero-order valence-corrected chi connectivity index (χ0v) is 8.68. The molecular weight excluding hydrogens is 232 g/mol. The Balaban J connectivity index is 2.34. The molecule has 94 valence electrons. The van der Waals surface area contributed by atoms with Crippen LogP contribution in [0.1, 0.15) is 6.23 Å². The maximum Gasteiger partial charge on any atom is 0.330 e. The molecule has 4 atom stereocenters. The van der Waals surface area contributed by atoms with Gasteiger partial charge in [0.2, 0.25) is 0 Å². The van der Waals surface area contributed by atoms with Crippen LogP contribution in [-0.4, -0.2) is 49.8 Å². The van der Waals surface area contributed by atoms with Crippen LogP contribution in [0.2, 0.25) is 0 Å². The average Bonchev–Trinajstić information content (AvgIpc) is 2.28. The highest BCUT2D eigenvalue weighted by molar-refractivity contribution is 4.90. The van der Waals surface area contributed by atoms with E-state index in [1.165, 1.54) is 0 Å². The lowest BCUT2D eigenvalue weighted by Crippen LogP contribution is -2.52. The normalized spacial score (nSPS) is 33.6. The van der Waals surface area contributed by atoms with Crippen molar-refractivity contribution in [3.63, 3.8) is 0 Å². The molecule has 1 aliphatic rings. The lowest BCUT2D eigenvalue weighted by molar-refractivity contribution is -0.212. The van der Waals surface area contributed by atoms with E-state index in [4.69, 9.17) is 4.74 Å². The molecule has 0 aromatic carbocycles. The summed E-state index contributed by atoms with van der Waals surface area (Å²) in [6.45, 7) is -0.214. The number of nitrogens with zero attached hydrogens (tertiary/aromatic N) is 1. The molecule has 0 bridgehead atoms. The van der Waals surface area contributed by atoms with E-state index >= 15 is 0 Å². The van der Waals surface area contributed by atoms with E-state index in [-0.39, 0.29) is 6.61 Å². The Bertz CT molecular complexity index is 509. The van der Waals surface area contributed by atoms with Crippen molar-refractivity contribution in [1.82, 2.24) is 9.55 Å². The number of aliphatic hydroxyl groups is 3. The Morgan fingerprint density at radius 1 is 1.29 bits per heavy atom. The van der Waals surface area contributed by atoms with Crippen molar-refractivity contribution in [3.8, 4) is 0 Å². The van der Waals surface area contributed by atoms with E-state index in [0.717, 1.165) is 16.8 Å². The maximum atomic E-state index is 11.4. The molecule has 1 aliphatic heterocycles. The van der Waals surface area contributed by atoms with Crippen LogP contribution in [0.3, 0.4) is 0 Å². The van der Waals surface area contributed by atoms with E-state index in [0.29, 0.717) is 0 Å². The number of aromatic nitrogens is 2. The Morgan fingerprint density at radius 2 is 2.00 bits per heavy atom. The summed E-state index contributed by atoms with van der Waals surface area (Å²) in [7, 11) is 0. The lowest BCUT2D eigenvalue weighted by atomic mass is 10.0. The summed E-state index contributed by atoms with van der Waals surface area (Å²) in [4.78, 5) is 24.3. The summed E-state index contributed by atoms with van der Waals surface area (Å²) in [5.74, 6) is 0. The predicted octanol–water partition coefficient (Wildman–Crippen LogP) is -2.85. The van der Waals surface area contributed by atoms with E-state index in [9.17, 15) is 24.9 Å². The van der Waals surface area contributed by atoms with E-state index in [1.807, 2.05) is 4.98 Å². The smallest absolute Gasteiger partial charge is 0.330 e. The molecule has 8 heteroatoms. The van der Waals surface area contributed by atoms with Gasteiger partial charge in [0.25, 0.3) is 5.56 Å². The lowest BCUT2D eigenvalue weighted by Gasteiger charge is -2.35. The Kier molecular flexibility index (Phi) is 3.11. The van der Waals surface area contributed by atoms with E-state index < -0.39 is 35.8 Å². The Hall–Kier alpha value is -1.48. The number of nitrogens with one attached hydrogen (secondary N) is 1. The molecular formula is C9H12N2O6. The number of ether oxygens (including phenoxy) is 1. The molecule has 0 radical (unpaired) electrons. The second kappa shape index (κ2) is 4.41. The molecule has 1 aromatic heterocycles. The fourth-order valence-corrected chi connectivity index (χ4v) is 1.66. The molecule has 0 amide bonds. The minimum atomic E-state index is -1.46. The Morgan fingerprint density at radius 3 is 2.65 bits per heavy atom. The highest BCUT2D eigenvalue weighted by Gasteiger charge is 2.38. The van der Waals surface area contributed by atoms with Gasteiger partial charge in [0.05, 0.1) is 6.61 Å². The van der Waals surface area contributed by atoms with Crippen LogP contribution in [0.5, 0.6) is 0 Å². The summed E-state index contributed by atoms with van der Waals surface area (Å²) in [5, 5.41) is 28.4. The molecule has 4 N–H and O–H groups in total. The van der Waals surface area contributed by atoms with Gasteiger partial charge in [-0.15, -0.1) is 0 Å². The van der Waals surface area contributed by atoms with Gasteiger partial charge in [0.15, 0.2) is 6.23 Å². The molecule has 0 saturated carbocycles. The van der Waals surface area contributed by atoms with Gasteiger partial charge in [-0.1, -0.05) is 0 Å². The third kappa shape index (κ3) is 2.15. The van der Waals surface area contributed by atoms with Gasteiger partial charge in [0.1, 0.15) is 18.3 Å². The first kappa shape index (κ1) is 12.0. The van der Waals surface area contributed by atoms with Crippen LogP contribution in [0.4, 0.5) is 0 Å². The van der Waals surface area contributed by atoms with Crippen molar-refractivity contribution in [2.45, 2.75) is 24.5 Å². The Labute approximate surface area is 94.7 Å². The number of H-pyrrole nitrogens is 1. The van der Waals surface area contributed by atoms with Gasteiger partial charge in [-0.25, -0.2) is 4.79 Å². The van der Waals surface area contributed by atoms with E-state index in [2.05, 4.69) is 0 Å². The first-order valence-electron chi connectivity index (χ1n) is 4.98. The van der Waals surface area contributed by atoms with E-state index in [1.54, 1.807) is 0 Å². The second-order valence-electron chi connectivity index (χ2n) is 3.79. The van der Waals surface area contributed by atoms with Crippen molar-refractivity contribution >= 4 is 0 Å². The van der Waals surface area contributed by atoms with Gasteiger partial charge in [-0.2, -0.15) is 0 Å². The summed E-state index contributed by atoms with van der Waals surface area (Å²) >= 11 is 0. The fraction of sp³-hybridized carbons (Fsp3) is 0.556. The van der Waals surface area contributed by atoms with Crippen LogP contribution in [0.15, 0.2) is 21.9 Å². The molecule has 1 aromatic rings. The monoisotopic (exact) mass is 244 g/mol. The van der Waals surface area contributed by atoms with Gasteiger partial charge in [0, 0.05) is 12.3 Å². The second-order valence-corrected chi connectivity index (χ2v) is 3.79. The molecule has 17 heavy (non-hydrogen) atoms. The maximum absolute atomic E-state index is 11.4. The summed E-state index contributed by atoms with van der Waals surface area (Å²) < 4.78 is 6.01. The highest BCUT2D eigenvalue weighted by atomic mass is 16.5. The number of aromatic amines is 1. The summed E-state index contributed by atoms with van der Waals surface area (Å²) in [6.07, 6.45) is -4.06. The standard InChI is InChI=1S/C9H12N2O6/c12-4-3-17-8(7(15)6(4)14)11-2-1-5(13)10-9(11)16/h1-2,4,6-8,12,14-15H,3H2,(H,10,13,16)/t4-,6-,7-,8-/m0/s1. The van der Waals surface area contributed by atoms with Crippen LogP contribution in [0, 0.1) is 0 Å². The SMILES string of the molecule is O=c1ccn([C@H]2OC[C@H](O)[C@H](O)[C@@H]2O)c(=O)[nH]1. The van der Waals surface area contributed by atoms with Gasteiger partial charge in [-0.05, 0) is 0 Å². The summed E-state index contributed by atoms with van der Waals surface area (Å²) in [6, 6.07) is 1.09. The van der Waals surface area contributed by atoms with Gasteiger partial charge in [-0.3, -0.25) is 14.3 Å². The highest BCUT2D eigenvalue weighted by Crippen LogP contribution is 2.22. The van der Waals surface area contributed by atoms with Gasteiger partial charge < -0.3 is 20.1 Å². The molecule has 1 fully saturated rings. The third-order valence-corrected chi connectivity index (χ3v) is 2.60. The number of hydrogen-bond donors (Lipinski definition) is 4. The minimum absolute atomic E-state index is 0.214. The average molecular weight is 244 g/mol. The van der Waals surface area contributed by atoms with Crippen LogP contribution >= 0.6 is 0 Å². The minimum Gasteiger partial charge on any atom is -0.388 e. The molecule has 0 spiro atoms. The fourth-order valence-electron chi connectivity index (χ4n) is 1.66. The van der Waals surface area contributed by atoms with Crippen molar-refractivity contribution in [1.29, 1.82) is 0 Å².